The SMILES string of the molecule is COc1ccnc(C(=O)N[C@H](C(=O)O[C@@H](C)[C@H](OC(=O)C(C)C)[C@@H](Cc2ccccc2)C(=O)OCc2ccccc2)[C@@H](C)OC(C)=O)c1O. The number of aromatic hydroxyl groups is 1. The highest BCUT2D eigenvalue weighted by atomic mass is 16.6. The second-order valence-corrected chi connectivity index (χ2v) is 11.6. The lowest BCUT2D eigenvalue weighted by Gasteiger charge is -2.32. The lowest BCUT2D eigenvalue weighted by atomic mass is 9.90. The summed E-state index contributed by atoms with van der Waals surface area (Å²) in [7, 11) is 1.28. The number of aromatic nitrogens is 1. The van der Waals surface area contributed by atoms with Gasteiger partial charge < -0.3 is 34.1 Å². The van der Waals surface area contributed by atoms with Gasteiger partial charge in [0.15, 0.2) is 29.3 Å². The van der Waals surface area contributed by atoms with Crippen LogP contribution in [0.5, 0.6) is 11.5 Å². The molecule has 3 rings (SSSR count). The molecule has 0 unspecified atom stereocenters. The second-order valence-electron chi connectivity index (χ2n) is 11.6. The molecular weight excluding hydrogens is 636 g/mol. The Morgan fingerprint density at radius 1 is 0.776 bits per heavy atom. The van der Waals surface area contributed by atoms with Crippen molar-refractivity contribution in [1.82, 2.24) is 10.3 Å². The van der Waals surface area contributed by atoms with E-state index in [0.29, 0.717) is 0 Å². The Morgan fingerprint density at radius 3 is 1.96 bits per heavy atom. The summed E-state index contributed by atoms with van der Waals surface area (Å²) in [5, 5.41) is 12.8. The summed E-state index contributed by atoms with van der Waals surface area (Å²) < 4.78 is 27.5. The Hall–Kier alpha value is -5.46. The fourth-order valence-corrected chi connectivity index (χ4v) is 4.81. The van der Waals surface area contributed by atoms with E-state index in [1.54, 1.807) is 62.4 Å². The summed E-state index contributed by atoms with van der Waals surface area (Å²) in [4.78, 5) is 69.4. The summed E-state index contributed by atoms with van der Waals surface area (Å²) in [6.07, 6.45) is -2.60. The highest BCUT2D eigenvalue weighted by Crippen LogP contribution is 2.28. The molecule has 0 saturated heterocycles. The van der Waals surface area contributed by atoms with E-state index in [9.17, 15) is 29.1 Å². The molecule has 13 heteroatoms. The van der Waals surface area contributed by atoms with Crippen molar-refractivity contribution in [2.75, 3.05) is 7.11 Å². The molecule has 13 nitrogen and oxygen atoms in total. The van der Waals surface area contributed by atoms with Crippen LogP contribution in [0.2, 0.25) is 0 Å². The normalized spacial score (nSPS) is 13.9. The van der Waals surface area contributed by atoms with Gasteiger partial charge in [-0.1, -0.05) is 74.5 Å². The van der Waals surface area contributed by atoms with Crippen LogP contribution in [-0.2, 0) is 51.2 Å². The maximum absolute atomic E-state index is 13.7. The zero-order valence-electron chi connectivity index (χ0n) is 28.3. The standard InChI is InChI=1S/C36H42N2O11/c1-21(2)34(42)49-32(27(19-25-13-9-7-10-14-25)35(43)46-20-26-15-11-8-12-16-26)23(4)48-36(44)29(22(3)47-24(5)39)38-33(41)30-31(40)28(45-6)17-18-37-30/h7-18,21-23,27,29,32,40H,19-20H2,1-6H3,(H,38,41)/t22-,23+,27-,29+,32+/m1/s1. The minimum absolute atomic E-state index is 0.0423. The summed E-state index contributed by atoms with van der Waals surface area (Å²) >= 11 is 0. The van der Waals surface area contributed by atoms with Crippen LogP contribution in [-0.4, -0.2) is 71.3 Å². The molecule has 0 fully saturated rings. The van der Waals surface area contributed by atoms with Crippen LogP contribution in [0.1, 0.15) is 56.2 Å². The predicted octanol–water partition coefficient (Wildman–Crippen LogP) is 3.95. The fourth-order valence-electron chi connectivity index (χ4n) is 4.81. The van der Waals surface area contributed by atoms with Gasteiger partial charge in [0.05, 0.1) is 13.0 Å². The van der Waals surface area contributed by atoms with Gasteiger partial charge in [-0.25, -0.2) is 9.78 Å². The van der Waals surface area contributed by atoms with E-state index in [0.717, 1.165) is 18.1 Å². The first-order valence-electron chi connectivity index (χ1n) is 15.7. The van der Waals surface area contributed by atoms with Crippen molar-refractivity contribution in [1.29, 1.82) is 0 Å². The number of carbonyl (C=O) groups excluding carboxylic acids is 5. The van der Waals surface area contributed by atoms with E-state index in [1.807, 2.05) is 12.1 Å². The lowest BCUT2D eigenvalue weighted by molar-refractivity contribution is -0.183. The molecule has 1 amide bonds. The highest BCUT2D eigenvalue weighted by Gasteiger charge is 2.41. The monoisotopic (exact) mass is 678 g/mol. The van der Waals surface area contributed by atoms with Crippen molar-refractivity contribution in [3.63, 3.8) is 0 Å². The number of carbonyl (C=O) groups is 5. The van der Waals surface area contributed by atoms with Crippen molar-refractivity contribution < 1.29 is 52.8 Å². The topological polar surface area (TPSA) is 177 Å². The van der Waals surface area contributed by atoms with Gasteiger partial charge in [0.2, 0.25) is 0 Å². The third-order valence-corrected chi connectivity index (χ3v) is 7.39. The number of amides is 1. The molecule has 0 spiro atoms. The van der Waals surface area contributed by atoms with E-state index in [-0.39, 0.29) is 18.8 Å². The van der Waals surface area contributed by atoms with Gasteiger partial charge in [-0.05, 0) is 31.4 Å². The molecule has 0 aliphatic rings. The predicted molar refractivity (Wildman–Crippen MR) is 175 cm³/mol. The largest absolute Gasteiger partial charge is 0.503 e. The molecule has 1 aromatic heterocycles. The van der Waals surface area contributed by atoms with Crippen LogP contribution in [0, 0.1) is 11.8 Å². The first-order chi connectivity index (χ1) is 23.3. The highest BCUT2D eigenvalue weighted by molar-refractivity contribution is 5.98. The van der Waals surface area contributed by atoms with Crippen molar-refractivity contribution in [3.8, 4) is 11.5 Å². The number of ether oxygens (including phenoxy) is 5. The lowest BCUT2D eigenvalue weighted by Crippen LogP contribution is -2.52. The Balaban J connectivity index is 1.95. The van der Waals surface area contributed by atoms with Gasteiger partial charge in [-0.2, -0.15) is 0 Å². The van der Waals surface area contributed by atoms with Crippen molar-refractivity contribution >= 4 is 29.8 Å². The quantitative estimate of drug-likeness (QED) is 0.165. The molecule has 2 N–H and O–H groups in total. The molecule has 2 aromatic carbocycles. The van der Waals surface area contributed by atoms with Crippen LogP contribution in [0.3, 0.4) is 0 Å². The van der Waals surface area contributed by atoms with E-state index >= 15 is 0 Å². The fraction of sp³-hybridized carbons (Fsp3) is 0.389. The third-order valence-electron chi connectivity index (χ3n) is 7.39. The molecule has 0 radical (unpaired) electrons. The second kappa shape index (κ2) is 18.2. The molecule has 0 bridgehead atoms. The van der Waals surface area contributed by atoms with Crippen LogP contribution in [0.25, 0.3) is 0 Å². The summed E-state index contributed by atoms with van der Waals surface area (Å²) in [6, 6.07) is 17.7. The minimum Gasteiger partial charge on any atom is -0.503 e. The van der Waals surface area contributed by atoms with Crippen molar-refractivity contribution in [2.24, 2.45) is 11.8 Å². The van der Waals surface area contributed by atoms with Crippen molar-refractivity contribution in [2.45, 2.75) is 72.0 Å². The molecule has 0 saturated carbocycles. The minimum atomic E-state index is -1.62. The number of nitrogens with zero attached hydrogens (tertiary/aromatic N) is 1. The molecule has 0 aliphatic carbocycles. The molecule has 1 heterocycles. The number of hydrogen-bond acceptors (Lipinski definition) is 12. The zero-order chi connectivity index (χ0) is 36.1. The Labute approximate surface area is 284 Å². The van der Waals surface area contributed by atoms with E-state index < -0.39 is 77.4 Å². The van der Waals surface area contributed by atoms with Crippen LogP contribution in [0.4, 0.5) is 0 Å². The Morgan fingerprint density at radius 2 is 1.39 bits per heavy atom. The van der Waals surface area contributed by atoms with E-state index in [1.165, 1.54) is 33.2 Å². The summed E-state index contributed by atoms with van der Waals surface area (Å²) in [5.74, 6) is -6.54. The molecule has 5 atom stereocenters. The smallest absolute Gasteiger partial charge is 0.332 e. The Bertz CT molecular complexity index is 1580. The number of nitrogens with one attached hydrogen (secondary N) is 1. The van der Waals surface area contributed by atoms with Gasteiger partial charge in [0, 0.05) is 19.2 Å². The average molecular weight is 679 g/mol. The van der Waals surface area contributed by atoms with Gasteiger partial charge >= 0.3 is 23.9 Å². The first-order valence-corrected chi connectivity index (χ1v) is 15.7. The van der Waals surface area contributed by atoms with E-state index in [2.05, 4.69) is 10.3 Å². The number of esters is 4. The van der Waals surface area contributed by atoms with Crippen LogP contribution >= 0.6 is 0 Å². The number of methoxy groups -OCH3 is 1. The Kier molecular flexibility index (Phi) is 14.1. The summed E-state index contributed by atoms with van der Waals surface area (Å²) in [5.41, 5.74) is 1.000. The van der Waals surface area contributed by atoms with Gasteiger partial charge in [0.25, 0.3) is 5.91 Å². The summed E-state index contributed by atoms with van der Waals surface area (Å²) in [6.45, 7) is 7.09. The van der Waals surface area contributed by atoms with Crippen LogP contribution < -0.4 is 10.1 Å². The van der Waals surface area contributed by atoms with Gasteiger partial charge in [-0.3, -0.25) is 19.2 Å². The number of pyridine rings is 1. The van der Waals surface area contributed by atoms with Gasteiger partial charge in [0.1, 0.15) is 24.7 Å². The third kappa shape index (κ3) is 11.1. The number of benzene rings is 2. The van der Waals surface area contributed by atoms with Gasteiger partial charge in [-0.15, -0.1) is 0 Å². The maximum Gasteiger partial charge on any atom is 0.332 e. The first kappa shape index (κ1) is 38.0. The number of rotatable bonds is 16. The van der Waals surface area contributed by atoms with Crippen LogP contribution in [0.15, 0.2) is 72.9 Å². The maximum atomic E-state index is 13.7. The molecular formula is C36H42N2O11. The average Bonchev–Trinajstić information content (AvgIpc) is 3.07. The molecule has 262 valence electrons. The molecule has 49 heavy (non-hydrogen) atoms. The molecule has 3 aromatic rings. The zero-order valence-corrected chi connectivity index (χ0v) is 28.3. The van der Waals surface area contributed by atoms with Crippen molar-refractivity contribution in [3.05, 3.63) is 89.7 Å². The van der Waals surface area contributed by atoms with E-state index in [4.69, 9.17) is 23.7 Å². The molecule has 0 aliphatic heterocycles. The number of hydrogen-bond donors (Lipinski definition) is 2.